The largest absolute Gasteiger partial charge is 0.488 e. The van der Waals surface area contributed by atoms with Gasteiger partial charge in [-0.05, 0) is 43.1 Å². The molecule has 1 unspecified atom stereocenters. The molecule has 18 heavy (non-hydrogen) atoms. The molecule has 1 aromatic carbocycles. The topological polar surface area (TPSA) is 38.5 Å². The minimum absolute atomic E-state index is 0.291. The second-order valence-electron chi connectivity index (χ2n) is 5.36. The van der Waals surface area contributed by atoms with E-state index in [1.165, 1.54) is 12.0 Å². The van der Waals surface area contributed by atoms with E-state index < -0.39 is 0 Å². The molecular weight excluding hydrogens is 292 g/mol. The standard InChI is InChI=1S/C14H19BrN2O/c15-11-3-4-14-10(6-11)7-13(18-14)9-17-5-1-2-12(16)8-17/h3-4,6,12-13H,1-2,5,7-9,16H2/t12-,13?/m1/s1. The van der Waals surface area contributed by atoms with Crippen molar-refractivity contribution in [2.24, 2.45) is 5.73 Å². The summed E-state index contributed by atoms with van der Waals surface area (Å²) in [6.07, 6.45) is 3.68. The summed E-state index contributed by atoms with van der Waals surface area (Å²) >= 11 is 3.51. The molecule has 0 bridgehead atoms. The molecule has 3 nitrogen and oxygen atoms in total. The Labute approximate surface area is 116 Å². The summed E-state index contributed by atoms with van der Waals surface area (Å²) in [4.78, 5) is 2.44. The summed E-state index contributed by atoms with van der Waals surface area (Å²) in [7, 11) is 0. The van der Waals surface area contributed by atoms with Gasteiger partial charge in [-0.1, -0.05) is 15.9 Å². The molecule has 0 aliphatic carbocycles. The van der Waals surface area contributed by atoms with Crippen LogP contribution in [0, 0.1) is 0 Å². The molecular formula is C14H19BrN2O. The predicted molar refractivity (Wildman–Crippen MR) is 75.9 cm³/mol. The third-order valence-electron chi connectivity index (χ3n) is 3.77. The molecule has 0 spiro atoms. The number of halogens is 1. The average Bonchev–Trinajstić information content (AvgIpc) is 2.70. The lowest BCUT2D eigenvalue weighted by molar-refractivity contribution is 0.127. The molecule has 3 rings (SSSR count). The summed E-state index contributed by atoms with van der Waals surface area (Å²) in [5.74, 6) is 1.05. The normalized spacial score (nSPS) is 27.9. The van der Waals surface area contributed by atoms with Gasteiger partial charge in [-0.3, -0.25) is 4.90 Å². The van der Waals surface area contributed by atoms with Crippen molar-refractivity contribution in [2.75, 3.05) is 19.6 Å². The Kier molecular flexibility index (Phi) is 3.59. The first-order chi connectivity index (χ1) is 8.70. The quantitative estimate of drug-likeness (QED) is 0.910. The molecule has 0 saturated carbocycles. The van der Waals surface area contributed by atoms with Crippen LogP contribution in [0.25, 0.3) is 0 Å². The van der Waals surface area contributed by atoms with E-state index in [2.05, 4.69) is 33.0 Å². The Hall–Kier alpha value is -0.580. The highest BCUT2D eigenvalue weighted by molar-refractivity contribution is 9.10. The molecule has 4 heteroatoms. The molecule has 2 atom stereocenters. The molecule has 1 fully saturated rings. The van der Waals surface area contributed by atoms with Crippen LogP contribution in [0.1, 0.15) is 18.4 Å². The van der Waals surface area contributed by atoms with Crippen molar-refractivity contribution in [1.82, 2.24) is 4.90 Å². The summed E-state index contributed by atoms with van der Waals surface area (Å²) in [5.41, 5.74) is 7.33. The van der Waals surface area contributed by atoms with Crippen LogP contribution in [0.5, 0.6) is 5.75 Å². The van der Waals surface area contributed by atoms with Gasteiger partial charge >= 0.3 is 0 Å². The zero-order valence-corrected chi connectivity index (χ0v) is 12.0. The van der Waals surface area contributed by atoms with Crippen molar-refractivity contribution in [3.63, 3.8) is 0 Å². The molecule has 2 N–H and O–H groups in total. The van der Waals surface area contributed by atoms with Gasteiger partial charge in [0.25, 0.3) is 0 Å². The SMILES string of the molecule is N[C@@H]1CCCN(CC2Cc3cc(Br)ccc3O2)C1. The zero-order chi connectivity index (χ0) is 12.5. The number of hydrogen-bond acceptors (Lipinski definition) is 3. The smallest absolute Gasteiger partial charge is 0.123 e. The highest BCUT2D eigenvalue weighted by Crippen LogP contribution is 2.31. The van der Waals surface area contributed by atoms with E-state index in [1.54, 1.807) is 0 Å². The lowest BCUT2D eigenvalue weighted by Crippen LogP contribution is -2.46. The number of piperidine rings is 1. The van der Waals surface area contributed by atoms with E-state index in [4.69, 9.17) is 10.5 Å². The first-order valence-corrected chi connectivity index (χ1v) is 7.43. The van der Waals surface area contributed by atoms with Crippen LogP contribution in [0.2, 0.25) is 0 Å². The summed E-state index contributed by atoms with van der Waals surface area (Å²) in [5, 5.41) is 0. The number of fused-ring (bicyclic) bond motifs is 1. The van der Waals surface area contributed by atoms with Crippen LogP contribution in [-0.4, -0.2) is 36.7 Å². The maximum Gasteiger partial charge on any atom is 0.123 e. The number of nitrogens with zero attached hydrogens (tertiary/aromatic N) is 1. The van der Waals surface area contributed by atoms with Crippen LogP contribution in [0.4, 0.5) is 0 Å². The van der Waals surface area contributed by atoms with E-state index in [9.17, 15) is 0 Å². The van der Waals surface area contributed by atoms with E-state index in [1.807, 2.05) is 6.07 Å². The molecule has 2 aliphatic heterocycles. The van der Waals surface area contributed by atoms with Crippen molar-refractivity contribution < 1.29 is 4.74 Å². The minimum atomic E-state index is 0.291. The monoisotopic (exact) mass is 310 g/mol. The van der Waals surface area contributed by atoms with E-state index in [0.29, 0.717) is 12.1 Å². The van der Waals surface area contributed by atoms with E-state index in [-0.39, 0.29) is 0 Å². The van der Waals surface area contributed by atoms with E-state index >= 15 is 0 Å². The zero-order valence-electron chi connectivity index (χ0n) is 10.4. The molecule has 0 radical (unpaired) electrons. The Morgan fingerprint density at radius 1 is 1.44 bits per heavy atom. The third kappa shape index (κ3) is 2.71. The fraction of sp³-hybridized carbons (Fsp3) is 0.571. The molecule has 0 aromatic heterocycles. The lowest BCUT2D eigenvalue weighted by Gasteiger charge is -2.32. The molecule has 1 saturated heterocycles. The summed E-state index contributed by atoms with van der Waals surface area (Å²) in [6.45, 7) is 3.17. The fourth-order valence-corrected chi connectivity index (χ4v) is 3.34. The van der Waals surface area contributed by atoms with Gasteiger partial charge < -0.3 is 10.5 Å². The van der Waals surface area contributed by atoms with Crippen molar-refractivity contribution >= 4 is 15.9 Å². The first kappa shape index (κ1) is 12.5. The van der Waals surface area contributed by atoms with Crippen LogP contribution < -0.4 is 10.5 Å². The number of ether oxygens (including phenoxy) is 1. The maximum atomic E-state index is 6.01. The van der Waals surface area contributed by atoms with Gasteiger partial charge in [0, 0.05) is 30.0 Å². The molecule has 2 aliphatic rings. The Bertz CT molecular complexity index is 438. The molecule has 1 aromatic rings. The van der Waals surface area contributed by atoms with Crippen LogP contribution >= 0.6 is 15.9 Å². The van der Waals surface area contributed by atoms with Crippen molar-refractivity contribution in [3.05, 3.63) is 28.2 Å². The predicted octanol–water partition coefficient (Wildman–Crippen LogP) is 2.18. The second kappa shape index (κ2) is 5.19. The summed E-state index contributed by atoms with van der Waals surface area (Å²) in [6, 6.07) is 6.60. The molecule has 2 heterocycles. The van der Waals surface area contributed by atoms with Crippen molar-refractivity contribution in [3.8, 4) is 5.75 Å². The van der Waals surface area contributed by atoms with Gasteiger partial charge in [0.1, 0.15) is 11.9 Å². The van der Waals surface area contributed by atoms with E-state index in [0.717, 1.165) is 42.7 Å². The van der Waals surface area contributed by atoms with Gasteiger partial charge in [0.05, 0.1) is 0 Å². The van der Waals surface area contributed by atoms with Gasteiger partial charge in [0.15, 0.2) is 0 Å². The average molecular weight is 311 g/mol. The first-order valence-electron chi connectivity index (χ1n) is 6.64. The minimum Gasteiger partial charge on any atom is -0.488 e. The summed E-state index contributed by atoms with van der Waals surface area (Å²) < 4.78 is 7.13. The Morgan fingerprint density at radius 2 is 2.33 bits per heavy atom. The lowest BCUT2D eigenvalue weighted by atomic mass is 10.1. The third-order valence-corrected chi connectivity index (χ3v) is 4.26. The van der Waals surface area contributed by atoms with Crippen molar-refractivity contribution in [2.45, 2.75) is 31.4 Å². The Morgan fingerprint density at radius 3 is 3.17 bits per heavy atom. The highest BCUT2D eigenvalue weighted by atomic mass is 79.9. The second-order valence-corrected chi connectivity index (χ2v) is 6.27. The van der Waals surface area contributed by atoms with Crippen LogP contribution in [0.15, 0.2) is 22.7 Å². The number of nitrogens with two attached hydrogens (primary N) is 1. The van der Waals surface area contributed by atoms with Crippen LogP contribution in [-0.2, 0) is 6.42 Å². The number of likely N-dealkylation sites (tertiary alicyclic amines) is 1. The van der Waals surface area contributed by atoms with Gasteiger partial charge in [-0.15, -0.1) is 0 Å². The van der Waals surface area contributed by atoms with Crippen LogP contribution in [0.3, 0.4) is 0 Å². The molecule has 0 amide bonds. The Balaban J connectivity index is 1.60. The highest BCUT2D eigenvalue weighted by Gasteiger charge is 2.26. The molecule has 98 valence electrons. The maximum absolute atomic E-state index is 6.01. The fourth-order valence-electron chi connectivity index (χ4n) is 2.94. The van der Waals surface area contributed by atoms with Gasteiger partial charge in [-0.2, -0.15) is 0 Å². The number of benzene rings is 1. The van der Waals surface area contributed by atoms with Gasteiger partial charge in [-0.25, -0.2) is 0 Å². The van der Waals surface area contributed by atoms with Crippen molar-refractivity contribution in [1.29, 1.82) is 0 Å². The van der Waals surface area contributed by atoms with Gasteiger partial charge in [0.2, 0.25) is 0 Å². The number of rotatable bonds is 2. The number of hydrogen-bond donors (Lipinski definition) is 1.